The molecule has 6 heteroatoms. The maximum absolute atomic E-state index is 13.0. The van der Waals surface area contributed by atoms with E-state index in [1.54, 1.807) is 20.8 Å². The van der Waals surface area contributed by atoms with Crippen LogP contribution in [0.5, 0.6) is 0 Å². The van der Waals surface area contributed by atoms with Crippen LogP contribution in [-0.4, -0.2) is 18.9 Å². The second-order valence-electron chi connectivity index (χ2n) is 6.14. The van der Waals surface area contributed by atoms with Gasteiger partial charge in [0, 0.05) is 0 Å². The summed E-state index contributed by atoms with van der Waals surface area (Å²) in [6.07, 6.45) is 3.56. The van der Waals surface area contributed by atoms with Gasteiger partial charge in [-0.3, -0.25) is 4.79 Å². The maximum atomic E-state index is 13.0. The van der Waals surface area contributed by atoms with Crippen molar-refractivity contribution in [3.63, 3.8) is 0 Å². The molecule has 1 rings (SSSR count). The van der Waals surface area contributed by atoms with Crippen molar-refractivity contribution in [3.8, 4) is 0 Å². The molecule has 0 heterocycles. The SMILES string of the molecule is CC(C)(C)C(=O)OC(C1CCCCC1)[B-](F)(F)F. The van der Waals surface area contributed by atoms with Gasteiger partial charge in [0.05, 0.1) is 11.4 Å². The zero-order valence-corrected chi connectivity index (χ0v) is 11.2. The first kappa shape index (κ1) is 15.4. The van der Waals surface area contributed by atoms with Gasteiger partial charge < -0.3 is 17.7 Å². The van der Waals surface area contributed by atoms with Gasteiger partial charge in [-0.15, -0.1) is 0 Å². The molecule has 0 aromatic rings. The standard InChI is InChI=1S/C12H21BF3O2/c1-12(2,3)11(17)18-10(13(14,15)16)9-7-5-4-6-8-9/h9-10H,4-8H2,1-3H3/q-1. The largest absolute Gasteiger partial charge is 0.518 e. The number of hydrogen-bond acceptors (Lipinski definition) is 2. The lowest BCUT2D eigenvalue weighted by Crippen LogP contribution is -2.46. The quantitative estimate of drug-likeness (QED) is 0.571. The van der Waals surface area contributed by atoms with Crippen molar-refractivity contribution >= 4 is 12.9 Å². The summed E-state index contributed by atoms with van der Waals surface area (Å²) in [7, 11) is 0. The second kappa shape index (κ2) is 5.53. The number of hydrogen-bond donors (Lipinski definition) is 0. The summed E-state index contributed by atoms with van der Waals surface area (Å²) in [6, 6.07) is -1.88. The van der Waals surface area contributed by atoms with Crippen LogP contribution in [0.25, 0.3) is 0 Å². The van der Waals surface area contributed by atoms with Gasteiger partial charge >= 0.3 is 12.9 Å². The molecule has 0 bridgehead atoms. The van der Waals surface area contributed by atoms with E-state index in [0.29, 0.717) is 12.8 Å². The van der Waals surface area contributed by atoms with Crippen molar-refractivity contribution in [2.75, 3.05) is 0 Å². The van der Waals surface area contributed by atoms with Crippen molar-refractivity contribution in [2.24, 2.45) is 11.3 Å². The van der Waals surface area contributed by atoms with Crippen LogP contribution in [0.4, 0.5) is 12.9 Å². The first-order chi connectivity index (χ1) is 8.12. The summed E-state index contributed by atoms with van der Waals surface area (Å²) in [5.41, 5.74) is -0.895. The van der Waals surface area contributed by atoms with E-state index in [1.165, 1.54) is 0 Å². The topological polar surface area (TPSA) is 26.3 Å². The molecule has 1 unspecified atom stereocenters. The number of halogens is 3. The van der Waals surface area contributed by atoms with Gasteiger partial charge in [0.1, 0.15) is 0 Å². The maximum Gasteiger partial charge on any atom is 0.518 e. The molecular weight excluding hydrogens is 244 g/mol. The lowest BCUT2D eigenvalue weighted by Gasteiger charge is -2.37. The Labute approximate surface area is 106 Å². The van der Waals surface area contributed by atoms with Crippen LogP contribution >= 0.6 is 0 Å². The van der Waals surface area contributed by atoms with Gasteiger partial charge in [0.25, 0.3) is 0 Å². The fourth-order valence-corrected chi connectivity index (χ4v) is 2.25. The molecule has 1 fully saturated rings. The van der Waals surface area contributed by atoms with Crippen LogP contribution in [0.1, 0.15) is 52.9 Å². The molecule has 0 N–H and O–H groups in total. The first-order valence-corrected chi connectivity index (χ1v) is 6.53. The molecule has 2 nitrogen and oxygen atoms in total. The average Bonchev–Trinajstić information content (AvgIpc) is 2.23. The number of carbonyl (C=O) groups is 1. The Morgan fingerprint density at radius 3 is 2.06 bits per heavy atom. The van der Waals surface area contributed by atoms with E-state index in [4.69, 9.17) is 4.74 Å². The highest BCUT2D eigenvalue weighted by Gasteiger charge is 2.44. The summed E-state index contributed by atoms with van der Waals surface area (Å²) in [6.45, 7) is -0.441. The Hall–Kier alpha value is -0.675. The summed E-state index contributed by atoms with van der Waals surface area (Å²) < 4.78 is 43.9. The lowest BCUT2D eigenvalue weighted by molar-refractivity contribution is -0.159. The molecule has 106 valence electrons. The predicted molar refractivity (Wildman–Crippen MR) is 65.0 cm³/mol. The van der Waals surface area contributed by atoms with Gasteiger partial charge in [0.2, 0.25) is 0 Å². The van der Waals surface area contributed by atoms with E-state index in [9.17, 15) is 17.7 Å². The smallest absolute Gasteiger partial charge is 0.491 e. The monoisotopic (exact) mass is 265 g/mol. The number of carbonyl (C=O) groups excluding carboxylic acids is 1. The highest BCUT2D eigenvalue weighted by atomic mass is 19.4. The Bertz CT molecular complexity index is 291. The van der Waals surface area contributed by atoms with E-state index in [2.05, 4.69) is 0 Å². The second-order valence-corrected chi connectivity index (χ2v) is 6.14. The highest BCUT2D eigenvalue weighted by molar-refractivity contribution is 6.60. The molecule has 0 aromatic carbocycles. The molecule has 0 radical (unpaired) electrons. The van der Waals surface area contributed by atoms with Crippen molar-refractivity contribution in [1.82, 2.24) is 0 Å². The van der Waals surface area contributed by atoms with Crippen molar-refractivity contribution in [1.29, 1.82) is 0 Å². The highest BCUT2D eigenvalue weighted by Crippen LogP contribution is 2.35. The molecule has 0 aromatic heterocycles. The molecule has 18 heavy (non-hydrogen) atoms. The fraction of sp³-hybridized carbons (Fsp3) is 0.917. The van der Waals surface area contributed by atoms with E-state index in [-0.39, 0.29) is 0 Å². The Balaban J connectivity index is 2.76. The molecule has 0 spiro atoms. The van der Waals surface area contributed by atoms with Gasteiger partial charge in [-0.1, -0.05) is 19.3 Å². The molecule has 1 atom stereocenters. The minimum atomic E-state index is -5.14. The molecule has 0 saturated heterocycles. The number of rotatable bonds is 3. The first-order valence-electron chi connectivity index (χ1n) is 6.53. The molecular formula is C12H21BF3O2-. The molecule has 1 saturated carbocycles. The van der Waals surface area contributed by atoms with Gasteiger partial charge in [-0.2, -0.15) is 0 Å². The van der Waals surface area contributed by atoms with Crippen molar-refractivity contribution in [3.05, 3.63) is 0 Å². The fourth-order valence-electron chi connectivity index (χ4n) is 2.25. The molecule has 0 aliphatic heterocycles. The Morgan fingerprint density at radius 2 is 1.67 bits per heavy atom. The normalized spacial score (nSPS) is 20.6. The third kappa shape index (κ3) is 4.21. The third-order valence-corrected chi connectivity index (χ3v) is 3.34. The summed E-state index contributed by atoms with van der Waals surface area (Å²) in [4.78, 5) is 11.7. The van der Waals surface area contributed by atoms with Gasteiger partial charge in [-0.25, -0.2) is 0 Å². The van der Waals surface area contributed by atoms with Gasteiger partial charge in [-0.05, 0) is 39.5 Å². The molecule has 1 aliphatic rings. The Morgan fingerprint density at radius 1 is 1.17 bits per heavy atom. The van der Waals surface area contributed by atoms with Crippen LogP contribution in [0.15, 0.2) is 0 Å². The number of esters is 1. The lowest BCUT2D eigenvalue weighted by atomic mass is 9.69. The van der Waals surface area contributed by atoms with Crippen molar-refractivity contribution in [2.45, 2.75) is 58.9 Å². The summed E-state index contributed by atoms with van der Waals surface area (Å²) in [5.74, 6) is -1.32. The van der Waals surface area contributed by atoms with Crippen molar-refractivity contribution < 1.29 is 22.5 Å². The van der Waals surface area contributed by atoms with E-state index in [1.807, 2.05) is 0 Å². The van der Waals surface area contributed by atoms with Crippen LogP contribution in [0.2, 0.25) is 0 Å². The molecule has 1 aliphatic carbocycles. The van der Waals surface area contributed by atoms with Crippen LogP contribution in [-0.2, 0) is 9.53 Å². The van der Waals surface area contributed by atoms with E-state index < -0.39 is 30.3 Å². The van der Waals surface area contributed by atoms with Gasteiger partial charge in [0.15, 0.2) is 0 Å². The molecule has 0 amide bonds. The zero-order chi connectivity index (χ0) is 14.0. The van der Waals surface area contributed by atoms with Crippen LogP contribution in [0, 0.1) is 11.3 Å². The predicted octanol–water partition coefficient (Wildman–Crippen LogP) is 3.91. The van der Waals surface area contributed by atoms with E-state index in [0.717, 1.165) is 19.3 Å². The van der Waals surface area contributed by atoms with Crippen LogP contribution < -0.4 is 0 Å². The van der Waals surface area contributed by atoms with Crippen LogP contribution in [0.3, 0.4) is 0 Å². The third-order valence-electron chi connectivity index (χ3n) is 3.34. The average molecular weight is 265 g/mol. The summed E-state index contributed by atoms with van der Waals surface area (Å²) in [5, 5.41) is 0. The number of ether oxygens (including phenoxy) is 1. The minimum Gasteiger partial charge on any atom is -0.491 e. The minimum absolute atomic E-state index is 0.503. The van der Waals surface area contributed by atoms with E-state index >= 15 is 0 Å². The Kier molecular flexibility index (Phi) is 4.73. The summed E-state index contributed by atoms with van der Waals surface area (Å²) >= 11 is 0. The zero-order valence-electron chi connectivity index (χ0n) is 11.2.